The lowest BCUT2D eigenvalue weighted by atomic mass is 10.2. The van der Waals surface area contributed by atoms with Crippen LogP contribution in [0.15, 0.2) is 65.1 Å². The third kappa shape index (κ3) is 6.51. The second kappa shape index (κ2) is 11.5. The van der Waals surface area contributed by atoms with E-state index in [0.717, 1.165) is 5.75 Å². The Morgan fingerprint density at radius 2 is 1.50 bits per heavy atom. The van der Waals surface area contributed by atoms with Crippen LogP contribution >= 0.6 is 0 Å². The van der Waals surface area contributed by atoms with Gasteiger partial charge < -0.3 is 24.7 Å². The molecule has 1 fully saturated rings. The Morgan fingerprint density at radius 3 is 2.11 bits per heavy atom. The predicted molar refractivity (Wildman–Crippen MR) is 136 cm³/mol. The van der Waals surface area contributed by atoms with Crippen molar-refractivity contribution in [3.05, 3.63) is 77.7 Å². The molecule has 1 aliphatic heterocycles. The standard InChI is InChI=1S/C27H30N4O5/c1-3-35-23-11-9-22(10-12-23)29-26(33)20-5-7-21(8-6-20)28-25(32)18-30-14-16-31(17-15-30)27(34)24-13-4-19(2)36-24/h4-13H,3,14-18H2,1-2H3,(H,28,32)(H,29,33). The zero-order valence-corrected chi connectivity index (χ0v) is 20.5. The van der Waals surface area contributed by atoms with E-state index in [2.05, 4.69) is 10.6 Å². The summed E-state index contributed by atoms with van der Waals surface area (Å²) in [5, 5.41) is 5.71. The Kier molecular flexibility index (Phi) is 8.02. The maximum absolute atomic E-state index is 12.5. The lowest BCUT2D eigenvalue weighted by Crippen LogP contribution is -2.50. The van der Waals surface area contributed by atoms with Crippen molar-refractivity contribution in [1.82, 2.24) is 9.80 Å². The van der Waals surface area contributed by atoms with Crippen LogP contribution in [-0.2, 0) is 4.79 Å². The molecule has 2 N–H and O–H groups in total. The van der Waals surface area contributed by atoms with Crippen molar-refractivity contribution in [2.75, 3.05) is 50.0 Å². The molecule has 9 nitrogen and oxygen atoms in total. The molecule has 36 heavy (non-hydrogen) atoms. The molecular weight excluding hydrogens is 460 g/mol. The smallest absolute Gasteiger partial charge is 0.289 e. The molecule has 3 amide bonds. The van der Waals surface area contributed by atoms with E-state index < -0.39 is 0 Å². The zero-order valence-electron chi connectivity index (χ0n) is 20.5. The highest BCUT2D eigenvalue weighted by molar-refractivity contribution is 6.04. The van der Waals surface area contributed by atoms with Gasteiger partial charge in [-0.15, -0.1) is 0 Å². The first-order valence-electron chi connectivity index (χ1n) is 11.9. The largest absolute Gasteiger partial charge is 0.494 e. The van der Waals surface area contributed by atoms with Gasteiger partial charge in [0, 0.05) is 43.1 Å². The molecule has 2 heterocycles. The van der Waals surface area contributed by atoms with Gasteiger partial charge in [0.05, 0.1) is 13.2 Å². The van der Waals surface area contributed by atoms with Crippen molar-refractivity contribution in [3.8, 4) is 5.75 Å². The molecule has 1 saturated heterocycles. The van der Waals surface area contributed by atoms with Gasteiger partial charge in [-0.05, 0) is 74.5 Å². The van der Waals surface area contributed by atoms with Crippen LogP contribution in [0.2, 0.25) is 0 Å². The van der Waals surface area contributed by atoms with Crippen LogP contribution in [0, 0.1) is 6.92 Å². The number of hydrogen-bond donors (Lipinski definition) is 2. The monoisotopic (exact) mass is 490 g/mol. The number of aryl methyl sites for hydroxylation is 1. The van der Waals surface area contributed by atoms with Crippen LogP contribution in [0.1, 0.15) is 33.6 Å². The minimum absolute atomic E-state index is 0.126. The summed E-state index contributed by atoms with van der Waals surface area (Å²) in [6.45, 7) is 6.79. The maximum Gasteiger partial charge on any atom is 0.289 e. The van der Waals surface area contributed by atoms with Crippen LogP contribution in [0.4, 0.5) is 11.4 Å². The quantitative estimate of drug-likeness (QED) is 0.500. The van der Waals surface area contributed by atoms with Crippen molar-refractivity contribution in [2.45, 2.75) is 13.8 Å². The van der Waals surface area contributed by atoms with Gasteiger partial charge in [0.15, 0.2) is 5.76 Å². The number of carbonyl (C=O) groups is 3. The third-order valence-electron chi connectivity index (χ3n) is 5.83. The van der Waals surface area contributed by atoms with Gasteiger partial charge in [0.2, 0.25) is 5.91 Å². The summed E-state index contributed by atoms with van der Waals surface area (Å²) in [4.78, 5) is 41.3. The number of rotatable bonds is 8. The Morgan fingerprint density at radius 1 is 0.861 bits per heavy atom. The normalized spacial score (nSPS) is 13.8. The lowest BCUT2D eigenvalue weighted by Gasteiger charge is -2.33. The summed E-state index contributed by atoms with van der Waals surface area (Å²) in [7, 11) is 0. The van der Waals surface area contributed by atoms with Gasteiger partial charge >= 0.3 is 0 Å². The average molecular weight is 491 g/mol. The summed E-state index contributed by atoms with van der Waals surface area (Å²) >= 11 is 0. The van der Waals surface area contributed by atoms with Gasteiger partial charge in [-0.1, -0.05) is 0 Å². The molecule has 9 heteroatoms. The first-order valence-corrected chi connectivity index (χ1v) is 11.9. The van der Waals surface area contributed by atoms with Gasteiger partial charge in [0.25, 0.3) is 11.8 Å². The van der Waals surface area contributed by atoms with Crippen molar-refractivity contribution in [3.63, 3.8) is 0 Å². The van der Waals surface area contributed by atoms with Crippen molar-refractivity contribution in [2.24, 2.45) is 0 Å². The number of carbonyl (C=O) groups excluding carboxylic acids is 3. The Hall–Kier alpha value is -4.11. The van der Waals surface area contributed by atoms with E-state index in [1.165, 1.54) is 0 Å². The molecule has 1 aromatic heterocycles. The molecule has 0 radical (unpaired) electrons. The first-order chi connectivity index (χ1) is 17.4. The number of amides is 3. The van der Waals surface area contributed by atoms with E-state index in [9.17, 15) is 14.4 Å². The summed E-state index contributed by atoms with van der Waals surface area (Å²) in [6, 6.07) is 17.4. The lowest BCUT2D eigenvalue weighted by molar-refractivity contribution is -0.117. The second-order valence-electron chi connectivity index (χ2n) is 8.52. The van der Waals surface area contributed by atoms with Crippen LogP contribution in [0.3, 0.4) is 0 Å². The molecule has 0 aliphatic carbocycles. The predicted octanol–water partition coefficient (Wildman–Crippen LogP) is 3.64. The van der Waals surface area contributed by atoms with Crippen LogP contribution in [-0.4, -0.2) is 66.9 Å². The summed E-state index contributed by atoms with van der Waals surface area (Å²) in [5.74, 6) is 1.27. The number of benzene rings is 2. The average Bonchev–Trinajstić information content (AvgIpc) is 3.32. The zero-order chi connectivity index (χ0) is 25.5. The van der Waals surface area contributed by atoms with E-state index in [-0.39, 0.29) is 24.3 Å². The molecule has 0 atom stereocenters. The van der Waals surface area contributed by atoms with E-state index >= 15 is 0 Å². The number of nitrogens with one attached hydrogen (secondary N) is 2. The number of nitrogens with zero attached hydrogens (tertiary/aromatic N) is 2. The number of ether oxygens (including phenoxy) is 1. The number of anilines is 2. The first kappa shape index (κ1) is 25.0. The molecule has 3 aromatic rings. The maximum atomic E-state index is 12.5. The molecule has 2 aromatic carbocycles. The summed E-state index contributed by atoms with van der Waals surface area (Å²) in [6.07, 6.45) is 0. The fourth-order valence-electron chi connectivity index (χ4n) is 3.93. The molecule has 0 spiro atoms. The van der Waals surface area contributed by atoms with Gasteiger partial charge in [-0.25, -0.2) is 0 Å². The van der Waals surface area contributed by atoms with Gasteiger partial charge in [0.1, 0.15) is 11.5 Å². The van der Waals surface area contributed by atoms with Gasteiger partial charge in [-0.3, -0.25) is 19.3 Å². The molecule has 1 aliphatic rings. The van der Waals surface area contributed by atoms with E-state index in [0.29, 0.717) is 61.2 Å². The summed E-state index contributed by atoms with van der Waals surface area (Å²) in [5.41, 5.74) is 1.76. The SMILES string of the molecule is CCOc1ccc(NC(=O)c2ccc(NC(=O)CN3CCN(C(=O)c4ccc(C)o4)CC3)cc2)cc1. The number of piperazine rings is 1. The van der Waals surface area contributed by atoms with Crippen LogP contribution in [0.25, 0.3) is 0 Å². The van der Waals surface area contributed by atoms with Crippen molar-refractivity contribution in [1.29, 1.82) is 0 Å². The minimum Gasteiger partial charge on any atom is -0.494 e. The second-order valence-corrected chi connectivity index (χ2v) is 8.52. The molecular formula is C27H30N4O5. The fraction of sp³-hybridized carbons (Fsp3) is 0.296. The molecule has 4 rings (SSSR count). The minimum atomic E-state index is -0.242. The van der Waals surface area contributed by atoms with Crippen molar-refractivity contribution >= 4 is 29.1 Å². The fourth-order valence-corrected chi connectivity index (χ4v) is 3.93. The molecule has 188 valence electrons. The van der Waals surface area contributed by atoms with Crippen LogP contribution in [0.5, 0.6) is 5.75 Å². The molecule has 0 bridgehead atoms. The highest BCUT2D eigenvalue weighted by atomic mass is 16.5. The highest BCUT2D eigenvalue weighted by Gasteiger charge is 2.25. The Labute approximate surface area is 210 Å². The third-order valence-corrected chi connectivity index (χ3v) is 5.83. The summed E-state index contributed by atoms with van der Waals surface area (Å²) < 4.78 is 10.8. The van der Waals surface area contributed by atoms with Gasteiger partial charge in [-0.2, -0.15) is 0 Å². The number of hydrogen-bond acceptors (Lipinski definition) is 6. The van der Waals surface area contributed by atoms with Crippen molar-refractivity contribution < 1.29 is 23.5 Å². The van der Waals surface area contributed by atoms with E-state index in [4.69, 9.17) is 9.15 Å². The Balaban J connectivity index is 1.22. The topological polar surface area (TPSA) is 104 Å². The van der Waals surface area contributed by atoms with Crippen LogP contribution < -0.4 is 15.4 Å². The highest BCUT2D eigenvalue weighted by Crippen LogP contribution is 2.17. The molecule has 0 unspecified atom stereocenters. The molecule has 0 saturated carbocycles. The van der Waals surface area contributed by atoms with E-state index in [1.807, 2.05) is 11.8 Å². The Bertz CT molecular complexity index is 1200. The number of furan rings is 1. The van der Waals surface area contributed by atoms with E-state index in [1.54, 1.807) is 72.5 Å².